The summed E-state index contributed by atoms with van der Waals surface area (Å²) in [6, 6.07) is 38.5. The normalized spacial score (nSPS) is 14.4. The molecule has 0 unspecified atom stereocenters. The fourth-order valence-electron chi connectivity index (χ4n) is 13.9. The molecule has 0 spiro atoms. The van der Waals surface area contributed by atoms with E-state index < -0.39 is 52.6 Å². The molecule has 126 heavy (non-hydrogen) atoms. The number of hydrogen-bond acceptors (Lipinski definition) is 20. The predicted molar refractivity (Wildman–Crippen MR) is 497 cm³/mol. The smallest absolute Gasteiger partial charge is 0.413 e. The number of alkyl carbamates (subject to hydrolysis) is 3. The van der Waals surface area contributed by atoms with Crippen LogP contribution in [-0.2, 0) is 57.6 Å². The second kappa shape index (κ2) is 44.2. The first kappa shape index (κ1) is 97.1. The number of nitrogens with two attached hydrogens (primary N) is 2. The molecule has 4 heterocycles. The Morgan fingerprint density at radius 2 is 0.929 bits per heavy atom. The molecule has 672 valence electrons. The van der Waals surface area contributed by atoms with Gasteiger partial charge in [0, 0.05) is 133 Å². The topological polar surface area (TPSA) is 382 Å². The van der Waals surface area contributed by atoms with Crippen LogP contribution in [0.15, 0.2) is 164 Å². The van der Waals surface area contributed by atoms with Crippen LogP contribution in [0.25, 0.3) is 18.2 Å². The van der Waals surface area contributed by atoms with Crippen LogP contribution < -0.4 is 38.1 Å². The van der Waals surface area contributed by atoms with E-state index in [1.54, 1.807) is 122 Å². The molecule has 6 aliphatic rings. The van der Waals surface area contributed by atoms with E-state index in [1.165, 1.54) is 30.5 Å². The van der Waals surface area contributed by atoms with Crippen molar-refractivity contribution in [2.24, 2.45) is 37.5 Å². The maximum Gasteiger partial charge on any atom is 0.413 e. The number of hydrogen-bond donors (Lipinski definition) is 8. The van der Waals surface area contributed by atoms with Crippen molar-refractivity contribution in [1.82, 2.24) is 30.7 Å². The lowest BCUT2D eigenvalue weighted by Crippen LogP contribution is -2.38. The Labute approximate surface area is 740 Å². The molecule has 2 saturated carbocycles. The van der Waals surface area contributed by atoms with Crippen LogP contribution in [0.1, 0.15) is 247 Å². The van der Waals surface area contributed by atoms with Crippen molar-refractivity contribution in [3.8, 4) is 0 Å². The van der Waals surface area contributed by atoms with Gasteiger partial charge in [0.05, 0.1) is 29.2 Å². The summed E-state index contributed by atoms with van der Waals surface area (Å²) in [5.41, 5.74) is 21.5. The molecule has 7 amide bonds. The Bertz CT molecular complexity index is 5190. The molecule has 6 aromatic carbocycles. The maximum absolute atomic E-state index is 13.6. The van der Waals surface area contributed by atoms with Gasteiger partial charge >= 0.3 is 30.2 Å². The standard InChI is InChI=1S/C35H47N5O6.C26H29N5O.C24H31N3O5.C13H19NO2/c1-9-17-40(18-10-2)31(42)26-19-23-15-16-24(20-28(23)37-29(21-26)39-33(44)46-35(6,7)8)30(41)38-27-14-12-11-13-25(27)22-36-32(43)45-34(3,4)5;1-2-11-31(16-17-7-8-17)26(32)21-12-18-9-10-19(13-23(18)29-24(27)14-21)25-28-15-20-5-3-4-6-22(20)30-25;1-5-10-27(14-15-6-7-15)21(28)18-11-16-8-9-17(22(29)30)12-19(16)25-20(13-18)26-23(31)32-24(2,3)4;1-13(2,3)16-12(15)9-8-10-6-4-5-7-11(10)14/h11-16,19-20H,9-10,17-18,21-22H2,1-8H3,(H,36,43)(H,38,41)(H,37,39,44);3-6,9-10,12-13,17H,2,7-8,11,14-16H2,1H3,(H2,27,29)(H,28,30);8-9,11-12,15H,5-7,10,13-14H2,1-4H3,(H,29,30)(H,25,26,31);4-7H,8-9,14H2,1-3H3. The number of carboxylic acids is 1. The molecule has 0 radical (unpaired) electrons. The number of para-hydroxylation sites is 3. The number of nitrogen functional groups attached to an aromatic ring is 1. The molecule has 0 atom stereocenters. The van der Waals surface area contributed by atoms with Crippen molar-refractivity contribution in [2.45, 2.75) is 230 Å². The van der Waals surface area contributed by atoms with E-state index in [2.05, 4.69) is 60.6 Å². The van der Waals surface area contributed by atoms with Gasteiger partial charge in [-0.05, 0) is 236 Å². The van der Waals surface area contributed by atoms with Gasteiger partial charge in [0.25, 0.3) is 5.91 Å². The molecule has 10 N–H and O–H groups in total. The number of rotatable bonds is 24. The molecule has 0 bridgehead atoms. The zero-order valence-electron chi connectivity index (χ0n) is 75.9. The van der Waals surface area contributed by atoms with Crippen LogP contribution in [-0.4, -0.2) is 159 Å². The summed E-state index contributed by atoms with van der Waals surface area (Å²) >= 11 is 0. The number of aryl methyl sites for hydroxylation is 1. The number of amidine groups is 4. The summed E-state index contributed by atoms with van der Waals surface area (Å²) in [6.45, 7) is 34.7. The molecular formula is C98H126N14O14. The second-order valence-electron chi connectivity index (χ2n) is 36.0. The Balaban J connectivity index is 0.000000200. The highest BCUT2D eigenvalue weighted by Crippen LogP contribution is 2.37. The molecule has 4 aliphatic heterocycles. The van der Waals surface area contributed by atoms with Gasteiger partial charge in [-0.15, -0.1) is 0 Å². The van der Waals surface area contributed by atoms with Gasteiger partial charge in [-0.3, -0.25) is 39.6 Å². The molecule has 0 saturated heterocycles. The Morgan fingerprint density at radius 1 is 0.484 bits per heavy atom. The van der Waals surface area contributed by atoms with Gasteiger partial charge in [0.2, 0.25) is 17.7 Å². The summed E-state index contributed by atoms with van der Waals surface area (Å²) < 4.78 is 21.3. The SMILES string of the molecule is CC(C)(C)OC(=O)CCc1ccccc1N.CCCN(CC1CC1)C(=O)C1=Cc2ccc(C(=O)O)cc2N=C(NC(=O)OC(C)(C)C)C1.CCCN(CC1CC1)C(=O)C1=Cc2ccc(C3=NCc4ccccc4N3)cc2N=C(N)C1.CCCN(CCC)C(=O)C1=Cc2ccc(C(=O)Nc3ccccc3CNC(=O)OC(C)(C)C)cc2N=C(NC(=O)OC(C)(C)C)C1. The Kier molecular flexibility index (Phi) is 34.1. The first-order chi connectivity index (χ1) is 59.6. The highest BCUT2D eigenvalue weighted by atomic mass is 16.6. The van der Waals surface area contributed by atoms with Crippen molar-refractivity contribution in [3.05, 3.63) is 194 Å². The number of anilines is 3. The first-order valence-electron chi connectivity index (χ1n) is 43.6. The molecule has 28 nitrogen and oxygen atoms in total. The van der Waals surface area contributed by atoms with Gasteiger partial charge < -0.3 is 66.2 Å². The number of aliphatic imine (C=N–C) groups is 4. The van der Waals surface area contributed by atoms with E-state index in [0.717, 1.165) is 97.7 Å². The number of fused-ring (bicyclic) bond motifs is 4. The lowest BCUT2D eigenvalue weighted by Gasteiger charge is -2.24. The monoisotopic (exact) mass is 1720 g/mol. The second-order valence-corrected chi connectivity index (χ2v) is 36.0. The maximum atomic E-state index is 13.6. The van der Waals surface area contributed by atoms with Crippen LogP contribution in [0.3, 0.4) is 0 Å². The summed E-state index contributed by atoms with van der Waals surface area (Å²) in [7, 11) is 0. The van der Waals surface area contributed by atoms with Crippen molar-refractivity contribution in [3.63, 3.8) is 0 Å². The minimum absolute atomic E-state index is 0.0774. The van der Waals surface area contributed by atoms with Crippen LogP contribution in [0.2, 0.25) is 0 Å². The molecule has 6 aromatic rings. The zero-order valence-corrected chi connectivity index (χ0v) is 75.9. The average molecular weight is 1720 g/mol. The lowest BCUT2D eigenvalue weighted by molar-refractivity contribution is -0.154. The highest BCUT2D eigenvalue weighted by Gasteiger charge is 2.33. The fourth-order valence-corrected chi connectivity index (χ4v) is 13.9. The number of nitrogens with zero attached hydrogens (tertiary/aromatic N) is 7. The van der Waals surface area contributed by atoms with Crippen LogP contribution in [0, 0.1) is 11.8 Å². The third-order valence-corrected chi connectivity index (χ3v) is 19.9. The molecule has 0 aromatic heterocycles. The summed E-state index contributed by atoms with van der Waals surface area (Å²) in [5.74, 6) is 1.18. The predicted octanol–water partition coefficient (Wildman–Crippen LogP) is 18.4. The number of ether oxygens (including phenoxy) is 4. The van der Waals surface area contributed by atoms with Crippen molar-refractivity contribution in [1.29, 1.82) is 0 Å². The molecule has 28 heteroatoms. The number of nitrogens with one attached hydrogen (secondary N) is 5. The van der Waals surface area contributed by atoms with E-state index in [1.807, 2.05) is 118 Å². The number of aromatic carboxylic acids is 1. The van der Waals surface area contributed by atoms with Gasteiger partial charge in [-0.1, -0.05) is 107 Å². The molecule has 2 aliphatic carbocycles. The van der Waals surface area contributed by atoms with Crippen LogP contribution in [0.4, 0.5) is 48.5 Å². The van der Waals surface area contributed by atoms with Crippen molar-refractivity contribution in [2.75, 3.05) is 55.6 Å². The van der Waals surface area contributed by atoms with E-state index in [9.17, 15) is 48.3 Å². The zero-order chi connectivity index (χ0) is 91.8. The summed E-state index contributed by atoms with van der Waals surface area (Å²) in [5, 5.41) is 23.7. The number of esters is 1. The van der Waals surface area contributed by atoms with Crippen molar-refractivity contribution >= 4 is 130 Å². The van der Waals surface area contributed by atoms with Crippen LogP contribution in [0.5, 0.6) is 0 Å². The average Bonchev–Trinajstić information content (AvgIpc) is 1.58. The van der Waals surface area contributed by atoms with Gasteiger partial charge in [-0.25, -0.2) is 34.2 Å². The summed E-state index contributed by atoms with van der Waals surface area (Å²) in [6.07, 6.45) is 13.3. The van der Waals surface area contributed by atoms with E-state index >= 15 is 0 Å². The van der Waals surface area contributed by atoms with Gasteiger partial charge in [0.15, 0.2) is 0 Å². The van der Waals surface area contributed by atoms with E-state index in [0.29, 0.717) is 119 Å². The minimum atomic E-state index is -1.08. The van der Waals surface area contributed by atoms with Crippen LogP contribution >= 0.6 is 0 Å². The Hall–Kier alpha value is -12.8. The Morgan fingerprint density at radius 3 is 1.44 bits per heavy atom. The van der Waals surface area contributed by atoms with Gasteiger partial charge in [-0.2, -0.15) is 0 Å². The first-order valence-corrected chi connectivity index (χ1v) is 43.6. The summed E-state index contributed by atoms with van der Waals surface area (Å²) in [4.78, 5) is 138. The lowest BCUT2D eigenvalue weighted by atomic mass is 10.0. The minimum Gasteiger partial charge on any atom is -0.478 e. The number of amides is 7. The third-order valence-electron chi connectivity index (χ3n) is 19.9. The number of carboxylic acid groups (broad SMARTS) is 1. The quantitative estimate of drug-likeness (QED) is 0.0158. The largest absolute Gasteiger partial charge is 0.478 e. The van der Waals surface area contributed by atoms with E-state index in [-0.39, 0.29) is 60.3 Å². The van der Waals surface area contributed by atoms with Gasteiger partial charge in [0.1, 0.15) is 45.7 Å². The fraction of sp³-hybridized carbons (Fsp3) is 0.439. The molecule has 2 fully saturated rings. The third kappa shape index (κ3) is 31.2. The molecule has 12 rings (SSSR count). The van der Waals surface area contributed by atoms with Crippen molar-refractivity contribution < 1.29 is 67.2 Å². The number of carbonyl (C=O) groups is 9. The van der Waals surface area contributed by atoms with E-state index in [4.69, 9.17) is 35.4 Å². The number of benzene rings is 6. The number of carbonyl (C=O) groups excluding carboxylic acids is 8. The highest BCUT2D eigenvalue weighted by molar-refractivity contribution is 6.13. The molecular weight excluding hydrogens is 1600 g/mol.